The number of carbonyl (C=O) groups excluding carboxylic acids is 1. The average Bonchev–Trinajstić information content (AvgIpc) is 3.81. The fourth-order valence-electron chi connectivity index (χ4n) is 5.43. The highest BCUT2D eigenvalue weighted by atomic mass is 19.1. The summed E-state index contributed by atoms with van der Waals surface area (Å²) < 4.78 is 27.8. The molecule has 3 N–H and O–H groups in total. The van der Waals surface area contributed by atoms with Crippen molar-refractivity contribution in [2.24, 2.45) is 0 Å². The van der Waals surface area contributed by atoms with Crippen LogP contribution in [-0.4, -0.2) is 73.2 Å². The zero-order chi connectivity index (χ0) is 33.3. The molecule has 6 rings (SSSR count). The molecule has 5 aromatic rings. The Morgan fingerprint density at radius 3 is 2.60 bits per heavy atom. The molecular weight excluding hydrogens is 607 g/mol. The van der Waals surface area contributed by atoms with E-state index in [4.69, 9.17) is 14.4 Å². The van der Waals surface area contributed by atoms with Crippen molar-refractivity contribution in [1.29, 1.82) is 0 Å². The molecule has 1 atom stereocenters. The number of pyridine rings is 1. The summed E-state index contributed by atoms with van der Waals surface area (Å²) in [4.78, 5) is 34.3. The molecule has 1 aliphatic heterocycles. The van der Waals surface area contributed by atoms with Gasteiger partial charge in [-0.2, -0.15) is 10.1 Å². The first-order valence-corrected chi connectivity index (χ1v) is 15.1. The predicted molar refractivity (Wildman–Crippen MR) is 171 cm³/mol. The minimum Gasteiger partial charge on any atom is -0.497 e. The van der Waals surface area contributed by atoms with Crippen LogP contribution in [0.1, 0.15) is 54.8 Å². The zero-order valence-electron chi connectivity index (χ0n) is 26.5. The molecule has 3 aromatic heterocycles. The first kappa shape index (κ1) is 31.5. The van der Waals surface area contributed by atoms with Crippen LogP contribution in [0.4, 0.5) is 15.0 Å². The molecule has 1 aliphatic rings. The van der Waals surface area contributed by atoms with Gasteiger partial charge in [-0.3, -0.25) is 4.79 Å². The third-order valence-corrected chi connectivity index (χ3v) is 8.00. The van der Waals surface area contributed by atoms with Gasteiger partial charge in [0.15, 0.2) is 11.5 Å². The van der Waals surface area contributed by atoms with E-state index in [-0.39, 0.29) is 24.0 Å². The first-order chi connectivity index (χ1) is 22.5. The van der Waals surface area contributed by atoms with Gasteiger partial charge in [0.05, 0.1) is 19.0 Å². The number of benzene rings is 2. The van der Waals surface area contributed by atoms with Gasteiger partial charge in [0.25, 0.3) is 11.7 Å². The predicted octanol–water partition coefficient (Wildman–Crippen LogP) is 5.07. The van der Waals surface area contributed by atoms with E-state index in [1.807, 2.05) is 45.0 Å². The van der Waals surface area contributed by atoms with Crippen LogP contribution in [0.2, 0.25) is 0 Å². The summed E-state index contributed by atoms with van der Waals surface area (Å²) in [7, 11) is 1.61. The van der Waals surface area contributed by atoms with Crippen molar-refractivity contribution in [1.82, 2.24) is 35.1 Å². The summed E-state index contributed by atoms with van der Waals surface area (Å²) >= 11 is 0. The molecule has 0 unspecified atom stereocenters. The number of rotatable bonds is 9. The number of carbonyl (C=O) groups is 2. The van der Waals surface area contributed by atoms with Crippen LogP contribution in [0.5, 0.6) is 5.75 Å². The minimum atomic E-state index is -0.967. The minimum absolute atomic E-state index is 0.0789. The lowest BCUT2D eigenvalue weighted by atomic mass is 9.97. The molecule has 2 aromatic carbocycles. The van der Waals surface area contributed by atoms with Gasteiger partial charge in [0.1, 0.15) is 11.6 Å². The number of nitrogens with zero attached hydrogens (tertiary/aromatic N) is 6. The van der Waals surface area contributed by atoms with E-state index < -0.39 is 23.2 Å². The Kier molecular flexibility index (Phi) is 8.50. The second-order valence-corrected chi connectivity index (χ2v) is 12.4. The molecule has 0 radical (unpaired) electrons. The van der Waals surface area contributed by atoms with Crippen LogP contribution in [0.15, 0.2) is 59.3 Å². The van der Waals surface area contributed by atoms with Gasteiger partial charge < -0.3 is 29.9 Å². The Morgan fingerprint density at radius 1 is 1.15 bits per heavy atom. The summed E-state index contributed by atoms with van der Waals surface area (Å²) in [6, 6.07) is 14.1. The van der Waals surface area contributed by atoms with E-state index in [2.05, 4.69) is 25.8 Å². The zero-order valence-corrected chi connectivity index (χ0v) is 26.5. The summed E-state index contributed by atoms with van der Waals surface area (Å²) in [5, 5.41) is 24.8. The highest BCUT2D eigenvalue weighted by Crippen LogP contribution is 2.35. The lowest BCUT2D eigenvalue weighted by molar-refractivity contribution is 0.0937. The third-order valence-electron chi connectivity index (χ3n) is 8.00. The Bertz CT molecular complexity index is 1930. The molecule has 0 aliphatic carbocycles. The number of hydrogen-bond donors (Lipinski definition) is 3. The SMILES string of the molecule is COc1ccc(Cn2nc(N[C@@H]3CCN(C(=O)O)C3)c3c(-c4ccc(CNC(=O)c5noc(C(C)(C)C)n5)c(F)c4)ccnc32)cc1. The molecular formula is C33H35FN8O5. The first-order valence-electron chi connectivity index (χ1n) is 15.1. The van der Waals surface area contributed by atoms with Crippen molar-refractivity contribution in [3.05, 3.63) is 83.4 Å². The smallest absolute Gasteiger partial charge is 0.407 e. The second kappa shape index (κ2) is 12.7. The van der Waals surface area contributed by atoms with Crippen molar-refractivity contribution in [3.63, 3.8) is 0 Å². The molecule has 14 heteroatoms. The summed E-state index contributed by atoms with van der Waals surface area (Å²) in [6.45, 7) is 6.73. The van der Waals surface area contributed by atoms with Crippen LogP contribution in [0.25, 0.3) is 22.2 Å². The standard InChI is InChI=1S/C33H35FN8O5/c1-33(2,3)31-38-28(40-47-31)30(43)36-16-21-8-7-20(15-25(21)34)24-11-13-35-29-26(24)27(37-22-12-14-41(18-22)32(44)45)39-42(29)17-19-5-9-23(46-4)10-6-19/h5-11,13,15,22H,12,14,16-18H2,1-4H3,(H,36,43)(H,37,39)(H,44,45)/t22-/m1/s1. The number of halogens is 1. The Labute approximate surface area is 269 Å². The summed E-state index contributed by atoms with van der Waals surface area (Å²) in [5.41, 5.74) is 2.70. The van der Waals surface area contributed by atoms with Gasteiger partial charge in [0, 0.05) is 42.9 Å². The number of ether oxygens (including phenoxy) is 1. The molecule has 13 nitrogen and oxygen atoms in total. The van der Waals surface area contributed by atoms with E-state index in [9.17, 15) is 14.7 Å². The number of nitrogens with one attached hydrogen (secondary N) is 2. The van der Waals surface area contributed by atoms with E-state index >= 15 is 4.39 Å². The van der Waals surface area contributed by atoms with E-state index in [0.717, 1.165) is 11.3 Å². The van der Waals surface area contributed by atoms with Crippen molar-refractivity contribution < 1.29 is 28.3 Å². The number of fused-ring (bicyclic) bond motifs is 1. The molecule has 0 saturated carbocycles. The van der Waals surface area contributed by atoms with Gasteiger partial charge >= 0.3 is 6.09 Å². The van der Waals surface area contributed by atoms with E-state index in [1.54, 1.807) is 36.2 Å². The van der Waals surface area contributed by atoms with Crippen LogP contribution in [0.3, 0.4) is 0 Å². The number of hydrogen-bond acceptors (Lipinski definition) is 9. The molecule has 1 saturated heterocycles. The molecule has 0 spiro atoms. The van der Waals surface area contributed by atoms with Gasteiger partial charge in [0.2, 0.25) is 5.89 Å². The van der Waals surface area contributed by atoms with Gasteiger partial charge in [-0.1, -0.05) is 50.2 Å². The maximum Gasteiger partial charge on any atom is 0.407 e. The van der Waals surface area contributed by atoms with Gasteiger partial charge in [-0.25, -0.2) is 18.9 Å². The maximum absolute atomic E-state index is 15.5. The van der Waals surface area contributed by atoms with Crippen molar-refractivity contribution >= 4 is 28.9 Å². The summed E-state index contributed by atoms with van der Waals surface area (Å²) in [5.74, 6) is 0.392. The third kappa shape index (κ3) is 6.71. The molecule has 0 bridgehead atoms. The van der Waals surface area contributed by atoms with Gasteiger partial charge in [-0.05, 0) is 47.4 Å². The fraction of sp³-hybridized carbons (Fsp3) is 0.333. The Hall–Kier alpha value is -5.53. The number of amides is 2. The Balaban J connectivity index is 1.29. The highest BCUT2D eigenvalue weighted by molar-refractivity contribution is 6.01. The molecule has 4 heterocycles. The number of anilines is 1. The van der Waals surface area contributed by atoms with Crippen LogP contribution in [0, 0.1) is 5.82 Å². The monoisotopic (exact) mass is 642 g/mol. The summed E-state index contributed by atoms with van der Waals surface area (Å²) in [6.07, 6.45) is 1.30. The fourth-order valence-corrected chi connectivity index (χ4v) is 5.43. The second-order valence-electron chi connectivity index (χ2n) is 12.4. The normalized spacial score (nSPS) is 14.8. The van der Waals surface area contributed by atoms with Crippen LogP contribution in [-0.2, 0) is 18.5 Å². The number of likely N-dealkylation sites (tertiary alicyclic amines) is 1. The topological polar surface area (TPSA) is 161 Å². The Morgan fingerprint density at radius 2 is 1.94 bits per heavy atom. The maximum atomic E-state index is 15.5. The average molecular weight is 643 g/mol. The lowest BCUT2D eigenvalue weighted by Crippen LogP contribution is -2.30. The number of aromatic nitrogens is 5. The van der Waals surface area contributed by atoms with Crippen molar-refractivity contribution in [2.45, 2.75) is 51.7 Å². The quantitative estimate of drug-likeness (QED) is 0.198. The molecule has 2 amide bonds. The van der Waals surface area contributed by atoms with Crippen LogP contribution < -0.4 is 15.4 Å². The van der Waals surface area contributed by atoms with Crippen molar-refractivity contribution in [2.75, 3.05) is 25.5 Å². The van der Waals surface area contributed by atoms with Crippen LogP contribution >= 0.6 is 0 Å². The number of methoxy groups -OCH3 is 1. The largest absolute Gasteiger partial charge is 0.497 e. The van der Waals surface area contributed by atoms with E-state index in [0.29, 0.717) is 59.9 Å². The van der Waals surface area contributed by atoms with Gasteiger partial charge in [-0.15, -0.1) is 0 Å². The van der Waals surface area contributed by atoms with E-state index in [1.165, 1.54) is 11.0 Å². The molecule has 47 heavy (non-hydrogen) atoms. The molecule has 244 valence electrons. The highest BCUT2D eigenvalue weighted by Gasteiger charge is 2.28. The molecule has 1 fully saturated rings. The number of carboxylic acid groups (broad SMARTS) is 1. The van der Waals surface area contributed by atoms with Crippen molar-refractivity contribution in [3.8, 4) is 16.9 Å². The lowest BCUT2D eigenvalue weighted by Gasteiger charge is -2.14.